The highest BCUT2D eigenvalue weighted by atomic mass is 19.2. The maximum atomic E-state index is 13.8. The van der Waals surface area contributed by atoms with Crippen molar-refractivity contribution in [2.75, 3.05) is 33.2 Å². The van der Waals surface area contributed by atoms with Crippen molar-refractivity contribution in [2.45, 2.75) is 33.0 Å². The molecule has 1 saturated heterocycles. The summed E-state index contributed by atoms with van der Waals surface area (Å²) in [6, 6.07) is 9.84. The highest BCUT2D eigenvalue weighted by molar-refractivity contribution is 5.84. The zero-order valence-corrected chi connectivity index (χ0v) is 19.4. The Morgan fingerprint density at radius 2 is 1.76 bits per heavy atom. The lowest BCUT2D eigenvalue weighted by Crippen LogP contribution is -2.43. The van der Waals surface area contributed by atoms with Crippen molar-refractivity contribution in [1.82, 2.24) is 24.7 Å². The van der Waals surface area contributed by atoms with Crippen LogP contribution in [-0.4, -0.2) is 58.5 Å². The molecule has 1 aliphatic heterocycles. The van der Waals surface area contributed by atoms with Crippen molar-refractivity contribution in [1.29, 1.82) is 0 Å². The van der Waals surface area contributed by atoms with Gasteiger partial charge in [0.05, 0.1) is 17.4 Å². The van der Waals surface area contributed by atoms with E-state index in [9.17, 15) is 13.6 Å². The van der Waals surface area contributed by atoms with Crippen LogP contribution in [0.4, 0.5) is 8.78 Å². The lowest BCUT2D eigenvalue weighted by molar-refractivity contribution is -0.125. The number of imidazole rings is 1. The van der Waals surface area contributed by atoms with Crippen molar-refractivity contribution in [2.24, 2.45) is 5.92 Å². The predicted molar refractivity (Wildman–Crippen MR) is 125 cm³/mol. The van der Waals surface area contributed by atoms with Gasteiger partial charge in [-0.3, -0.25) is 9.69 Å². The number of fused-ring (bicyclic) bond motifs is 1. The molecule has 8 heteroatoms. The number of benzene rings is 2. The molecule has 1 aromatic heterocycles. The summed E-state index contributed by atoms with van der Waals surface area (Å²) in [5.74, 6) is -2.16. The fourth-order valence-corrected chi connectivity index (χ4v) is 4.39. The van der Waals surface area contributed by atoms with Gasteiger partial charge >= 0.3 is 0 Å². The van der Waals surface area contributed by atoms with Gasteiger partial charge in [-0.05, 0) is 24.1 Å². The van der Waals surface area contributed by atoms with Crippen LogP contribution in [-0.2, 0) is 17.9 Å². The molecule has 1 atom stereocenters. The van der Waals surface area contributed by atoms with Crippen LogP contribution in [0.25, 0.3) is 11.0 Å². The summed E-state index contributed by atoms with van der Waals surface area (Å²) in [5, 5.41) is 3.02. The van der Waals surface area contributed by atoms with E-state index >= 15 is 0 Å². The summed E-state index contributed by atoms with van der Waals surface area (Å²) >= 11 is 0. The second kappa shape index (κ2) is 9.97. The molecule has 1 fully saturated rings. The maximum Gasteiger partial charge on any atom is 0.243 e. The van der Waals surface area contributed by atoms with E-state index in [0.717, 1.165) is 50.4 Å². The van der Waals surface area contributed by atoms with E-state index < -0.39 is 17.7 Å². The fourth-order valence-electron chi connectivity index (χ4n) is 4.39. The molecule has 4 rings (SSSR count). The number of hydrogen-bond donors (Lipinski definition) is 1. The maximum absolute atomic E-state index is 13.8. The van der Waals surface area contributed by atoms with Gasteiger partial charge in [0.2, 0.25) is 5.91 Å². The lowest BCUT2D eigenvalue weighted by Gasteiger charge is -2.32. The van der Waals surface area contributed by atoms with Gasteiger partial charge in [-0.15, -0.1) is 0 Å². The molecule has 2 heterocycles. The largest absolute Gasteiger partial charge is 0.350 e. The van der Waals surface area contributed by atoms with Crippen LogP contribution in [0.2, 0.25) is 0 Å². The van der Waals surface area contributed by atoms with Gasteiger partial charge in [0.25, 0.3) is 0 Å². The molecule has 0 radical (unpaired) electrons. The molecule has 6 nitrogen and oxygen atoms in total. The lowest BCUT2D eigenvalue weighted by atomic mass is 10.0. The van der Waals surface area contributed by atoms with Crippen LogP contribution in [0, 0.1) is 17.6 Å². The van der Waals surface area contributed by atoms with E-state index in [1.165, 1.54) is 11.9 Å². The minimum absolute atomic E-state index is 0.0703. The normalized spacial score (nSPS) is 16.4. The molecule has 2 aromatic carbocycles. The summed E-state index contributed by atoms with van der Waals surface area (Å²) in [6.07, 6.45) is 1.48. The smallest absolute Gasteiger partial charge is 0.243 e. The second-order valence-corrected chi connectivity index (χ2v) is 9.21. The third-order valence-corrected chi connectivity index (χ3v) is 6.28. The van der Waals surface area contributed by atoms with E-state index in [0.29, 0.717) is 17.6 Å². The monoisotopic (exact) mass is 455 g/mol. The number of nitrogens with one attached hydrogen (secondary N) is 1. The van der Waals surface area contributed by atoms with E-state index in [-0.39, 0.29) is 11.8 Å². The predicted octanol–water partition coefficient (Wildman–Crippen LogP) is 3.58. The van der Waals surface area contributed by atoms with Crippen LogP contribution < -0.4 is 5.32 Å². The third-order valence-electron chi connectivity index (χ3n) is 6.28. The molecule has 0 bridgehead atoms. The average Bonchev–Trinajstić information content (AvgIpc) is 3.16. The number of aromatic nitrogens is 2. The Hall–Kier alpha value is -2.84. The van der Waals surface area contributed by atoms with Crippen molar-refractivity contribution in [3.8, 4) is 0 Å². The SMILES string of the molecule is CC(C)C(C(=O)NCc1cccc(CN2CCN(C)CC2)c1)n1cnc2cc(F)c(F)cc21. The van der Waals surface area contributed by atoms with Gasteiger partial charge < -0.3 is 14.8 Å². The van der Waals surface area contributed by atoms with Gasteiger partial charge in [-0.2, -0.15) is 0 Å². The highest BCUT2D eigenvalue weighted by Crippen LogP contribution is 2.25. The van der Waals surface area contributed by atoms with Gasteiger partial charge in [0.15, 0.2) is 11.6 Å². The zero-order valence-electron chi connectivity index (χ0n) is 19.4. The number of carbonyl (C=O) groups excluding carboxylic acids is 1. The molecule has 3 aromatic rings. The molecule has 33 heavy (non-hydrogen) atoms. The topological polar surface area (TPSA) is 53.4 Å². The number of piperazine rings is 1. The summed E-state index contributed by atoms with van der Waals surface area (Å²) in [5.41, 5.74) is 2.98. The van der Waals surface area contributed by atoms with Crippen molar-refractivity contribution in [3.05, 3.63) is 65.5 Å². The van der Waals surface area contributed by atoms with Crippen molar-refractivity contribution >= 4 is 16.9 Å². The van der Waals surface area contributed by atoms with Gasteiger partial charge in [0.1, 0.15) is 6.04 Å². The summed E-state index contributed by atoms with van der Waals surface area (Å²) in [7, 11) is 2.15. The first-order chi connectivity index (χ1) is 15.8. The minimum Gasteiger partial charge on any atom is -0.350 e. The quantitative estimate of drug-likeness (QED) is 0.592. The first-order valence-electron chi connectivity index (χ1n) is 11.4. The minimum atomic E-state index is -0.954. The van der Waals surface area contributed by atoms with Crippen LogP contribution in [0.5, 0.6) is 0 Å². The molecule has 0 spiro atoms. The van der Waals surface area contributed by atoms with Gasteiger partial charge in [-0.1, -0.05) is 38.1 Å². The first kappa shape index (κ1) is 23.3. The molecule has 0 saturated carbocycles. The molecular formula is C25H31F2N5O. The average molecular weight is 456 g/mol. The fraction of sp³-hybridized carbons (Fsp3) is 0.440. The van der Waals surface area contributed by atoms with E-state index in [1.807, 2.05) is 26.0 Å². The Morgan fingerprint density at radius 1 is 1.06 bits per heavy atom. The first-order valence-corrected chi connectivity index (χ1v) is 11.4. The summed E-state index contributed by atoms with van der Waals surface area (Å²) in [6.45, 7) is 9.40. The number of hydrogen-bond acceptors (Lipinski definition) is 4. The number of likely N-dealkylation sites (N-methyl/N-ethyl adjacent to an activating group) is 1. The molecule has 1 amide bonds. The van der Waals surface area contributed by atoms with Crippen LogP contribution in [0.1, 0.15) is 31.0 Å². The second-order valence-electron chi connectivity index (χ2n) is 9.21. The van der Waals surface area contributed by atoms with E-state index in [1.54, 1.807) is 4.57 Å². The van der Waals surface area contributed by atoms with Crippen molar-refractivity contribution in [3.63, 3.8) is 0 Å². The standard InChI is InChI=1S/C25H31F2N5O/c1-17(2)24(32-16-29-22-12-20(26)21(27)13-23(22)32)25(33)28-14-18-5-4-6-19(11-18)15-31-9-7-30(3)8-10-31/h4-6,11-13,16-17,24H,7-10,14-15H2,1-3H3,(H,28,33). The molecular weight excluding hydrogens is 424 g/mol. The van der Waals surface area contributed by atoms with Crippen LogP contribution in [0.15, 0.2) is 42.7 Å². The van der Waals surface area contributed by atoms with E-state index in [2.05, 4.69) is 39.3 Å². The Labute approximate surface area is 193 Å². The zero-order chi connectivity index (χ0) is 23.5. The number of rotatable bonds is 7. The highest BCUT2D eigenvalue weighted by Gasteiger charge is 2.26. The molecule has 176 valence electrons. The van der Waals surface area contributed by atoms with Crippen LogP contribution in [0.3, 0.4) is 0 Å². The van der Waals surface area contributed by atoms with Crippen molar-refractivity contribution < 1.29 is 13.6 Å². The molecule has 1 N–H and O–H groups in total. The Kier molecular flexibility index (Phi) is 7.05. The molecule has 1 aliphatic rings. The summed E-state index contributed by atoms with van der Waals surface area (Å²) < 4.78 is 29.0. The number of nitrogens with zero attached hydrogens (tertiary/aromatic N) is 4. The molecule has 1 unspecified atom stereocenters. The Bertz CT molecular complexity index is 1120. The Balaban J connectivity index is 1.44. The van der Waals surface area contributed by atoms with Crippen LogP contribution >= 0.6 is 0 Å². The Morgan fingerprint density at radius 3 is 2.48 bits per heavy atom. The molecule has 0 aliphatic carbocycles. The van der Waals surface area contributed by atoms with Gasteiger partial charge in [-0.25, -0.2) is 13.8 Å². The number of halogens is 2. The third kappa shape index (κ3) is 5.39. The van der Waals surface area contributed by atoms with E-state index in [4.69, 9.17) is 0 Å². The van der Waals surface area contributed by atoms with Gasteiger partial charge in [0, 0.05) is 51.4 Å². The summed E-state index contributed by atoms with van der Waals surface area (Å²) in [4.78, 5) is 22.1. The number of carbonyl (C=O) groups is 1. The number of amides is 1.